The van der Waals surface area contributed by atoms with E-state index in [1.54, 1.807) is 0 Å². The second-order valence-electron chi connectivity index (χ2n) is 9.33. The summed E-state index contributed by atoms with van der Waals surface area (Å²) in [5.41, 5.74) is 0.669. The molecular weight excluding hydrogens is 712 g/mol. The van der Waals surface area contributed by atoms with Gasteiger partial charge in [0.15, 0.2) is 8.67 Å². The Hall–Kier alpha value is 1.58. The molecule has 15 heteroatoms. The highest BCUT2D eigenvalue weighted by Crippen LogP contribution is 2.88. The molecule has 5 aliphatic carbocycles. The highest BCUT2D eigenvalue weighted by Gasteiger charge is 2.91. The molecule has 1 aromatic carbocycles. The Morgan fingerprint density at radius 1 is 0.629 bits per heavy atom. The fourth-order valence-corrected chi connectivity index (χ4v) is 13.1. The second kappa shape index (κ2) is 7.25. The van der Waals surface area contributed by atoms with Crippen LogP contribution in [0, 0.1) is 22.0 Å². The predicted octanol–water partition coefficient (Wildman–Crippen LogP) is 9.70. The third-order valence-corrected chi connectivity index (χ3v) is 16.9. The van der Waals surface area contributed by atoms with Crippen molar-refractivity contribution in [1.29, 1.82) is 0 Å². The normalized spacial score (nSPS) is 47.8. The van der Waals surface area contributed by atoms with Gasteiger partial charge >= 0.3 is 0 Å². The first-order chi connectivity index (χ1) is 15.9. The summed E-state index contributed by atoms with van der Waals surface area (Å²) in [6.07, 6.45) is 0. The van der Waals surface area contributed by atoms with Gasteiger partial charge in [-0.2, -0.15) is 0 Å². The number of halogens is 12. The van der Waals surface area contributed by atoms with E-state index in [0.717, 1.165) is 0 Å². The number of nitro benzene ring substituents is 1. The fraction of sp³-hybridized carbons (Fsp3) is 0.500. The molecule has 4 bridgehead atoms. The standard InChI is InChI=1S/C20H7Cl12NO2/c21-11-13(23)17(27)9-7(15(11,25)19(17,29)30)5-2-1-4(33(34)35)3-6(5)8-10(9)18(28)14(24)12(22)16(8,26)20(18,31)32/h1-3,7-10H/t7-,8+,9+,10+,15+,16+,17+,18+/m0/s1. The van der Waals surface area contributed by atoms with Gasteiger partial charge < -0.3 is 0 Å². The molecule has 0 unspecified atom stereocenters. The lowest BCUT2D eigenvalue weighted by molar-refractivity contribution is -0.385. The van der Waals surface area contributed by atoms with Crippen molar-refractivity contribution in [1.82, 2.24) is 0 Å². The average molecular weight is 719 g/mol. The van der Waals surface area contributed by atoms with Gasteiger partial charge in [0.2, 0.25) is 0 Å². The highest BCUT2D eigenvalue weighted by molar-refractivity contribution is 6.67. The zero-order valence-electron chi connectivity index (χ0n) is 16.3. The monoisotopic (exact) mass is 713 g/mol. The molecule has 188 valence electrons. The Kier molecular flexibility index (Phi) is 5.55. The molecule has 0 amide bonds. The van der Waals surface area contributed by atoms with E-state index in [-0.39, 0.29) is 25.8 Å². The SMILES string of the molecule is O=[N+]([O-])c1ccc2c(c1)[C@@H]1[C@H]([C@H]3[C@H]2[C@@]2(Cl)C(Cl)=C(Cl)[C@@]3(Cl)C2(Cl)Cl)[C@@]2(Cl)C(Cl)=C(Cl)[C@@]1(Cl)C2(Cl)Cl. The van der Waals surface area contributed by atoms with Crippen LogP contribution in [-0.2, 0) is 0 Å². The molecule has 1 aromatic rings. The van der Waals surface area contributed by atoms with E-state index in [1.807, 2.05) is 0 Å². The van der Waals surface area contributed by atoms with Crippen LogP contribution in [0.5, 0.6) is 0 Å². The minimum absolute atomic E-state index is 0.0418. The Bertz CT molecular complexity index is 1340. The van der Waals surface area contributed by atoms with Crippen molar-refractivity contribution in [3.8, 4) is 0 Å². The molecule has 6 rings (SSSR count). The number of nitro groups is 1. The van der Waals surface area contributed by atoms with Crippen molar-refractivity contribution in [3.63, 3.8) is 0 Å². The maximum Gasteiger partial charge on any atom is 0.269 e. The van der Waals surface area contributed by atoms with Crippen LogP contribution >= 0.6 is 139 Å². The average Bonchev–Trinajstić information content (AvgIpc) is 3.13. The van der Waals surface area contributed by atoms with E-state index < -0.39 is 56.8 Å². The molecule has 3 nitrogen and oxygen atoms in total. The van der Waals surface area contributed by atoms with Crippen LogP contribution in [0.3, 0.4) is 0 Å². The molecule has 5 aliphatic rings. The number of alkyl halides is 8. The van der Waals surface area contributed by atoms with Crippen molar-refractivity contribution in [3.05, 3.63) is 59.6 Å². The molecule has 35 heavy (non-hydrogen) atoms. The predicted molar refractivity (Wildman–Crippen MR) is 146 cm³/mol. The van der Waals surface area contributed by atoms with Gasteiger partial charge in [-0.25, -0.2) is 0 Å². The first kappa shape index (κ1) is 26.8. The van der Waals surface area contributed by atoms with Gasteiger partial charge in [-0.05, 0) is 11.1 Å². The fourth-order valence-electron chi connectivity index (χ4n) is 7.00. The number of non-ortho nitro benzene ring substituents is 1. The van der Waals surface area contributed by atoms with E-state index in [0.29, 0.717) is 11.1 Å². The van der Waals surface area contributed by atoms with Crippen LogP contribution in [0.1, 0.15) is 23.0 Å². The van der Waals surface area contributed by atoms with Crippen LogP contribution in [0.15, 0.2) is 38.3 Å². The Morgan fingerprint density at radius 2 is 1.00 bits per heavy atom. The highest BCUT2D eigenvalue weighted by atomic mass is 35.5. The first-order valence-electron chi connectivity index (χ1n) is 9.83. The van der Waals surface area contributed by atoms with Gasteiger partial charge in [0.25, 0.3) is 5.69 Å². The summed E-state index contributed by atoms with van der Waals surface area (Å²) in [5.74, 6) is -3.52. The maximum absolute atomic E-state index is 11.7. The van der Waals surface area contributed by atoms with Gasteiger partial charge in [0.1, 0.15) is 19.5 Å². The number of hydrogen-bond donors (Lipinski definition) is 0. The molecule has 2 saturated carbocycles. The molecule has 0 N–H and O–H groups in total. The second-order valence-corrected chi connectivity index (χ2v) is 15.9. The summed E-state index contributed by atoms with van der Waals surface area (Å²) < 4.78 is -3.93. The topological polar surface area (TPSA) is 43.1 Å². The summed E-state index contributed by atoms with van der Waals surface area (Å²) in [6, 6.07) is 4.20. The lowest BCUT2D eigenvalue weighted by atomic mass is 9.57. The zero-order valence-corrected chi connectivity index (χ0v) is 25.4. The number of benzene rings is 1. The number of fused-ring (bicyclic) bond motifs is 14. The number of rotatable bonds is 1. The smallest absolute Gasteiger partial charge is 0.258 e. The molecule has 0 spiro atoms. The van der Waals surface area contributed by atoms with E-state index in [1.165, 1.54) is 18.2 Å². The van der Waals surface area contributed by atoms with Crippen LogP contribution < -0.4 is 0 Å². The van der Waals surface area contributed by atoms with Crippen LogP contribution in [0.2, 0.25) is 0 Å². The molecule has 0 saturated heterocycles. The summed E-state index contributed by atoms with van der Waals surface area (Å²) >= 11 is 82.9. The van der Waals surface area contributed by atoms with Gasteiger partial charge in [0, 0.05) is 35.8 Å². The van der Waals surface area contributed by atoms with Crippen molar-refractivity contribution in [2.45, 2.75) is 40.0 Å². The molecule has 0 aromatic heterocycles. The minimum Gasteiger partial charge on any atom is -0.258 e. The quantitative estimate of drug-likeness (QED) is 0.165. The number of nitrogens with zero attached hydrogens (tertiary/aromatic N) is 1. The van der Waals surface area contributed by atoms with E-state index in [9.17, 15) is 10.1 Å². The third-order valence-electron chi connectivity index (χ3n) is 8.32. The van der Waals surface area contributed by atoms with Gasteiger partial charge in [-0.3, -0.25) is 10.1 Å². The summed E-state index contributed by atoms with van der Waals surface area (Å²) in [4.78, 5) is 4.05. The van der Waals surface area contributed by atoms with Crippen molar-refractivity contribution < 1.29 is 4.92 Å². The third kappa shape index (κ3) is 2.35. The molecule has 0 aliphatic heterocycles. The maximum atomic E-state index is 11.7. The minimum atomic E-state index is -1.99. The summed E-state index contributed by atoms with van der Waals surface area (Å²) in [5, 5.41) is 11.4. The molecular formula is C20H7Cl12NO2. The van der Waals surface area contributed by atoms with E-state index in [4.69, 9.17) is 139 Å². The largest absolute Gasteiger partial charge is 0.269 e. The first-order valence-corrected chi connectivity index (χ1v) is 14.4. The summed E-state index contributed by atoms with van der Waals surface area (Å²) in [6.45, 7) is 0. The molecule has 0 heterocycles. The van der Waals surface area contributed by atoms with Crippen LogP contribution in [0.25, 0.3) is 0 Å². The van der Waals surface area contributed by atoms with Crippen molar-refractivity contribution in [2.24, 2.45) is 11.8 Å². The summed E-state index contributed by atoms with van der Waals surface area (Å²) in [7, 11) is 0. The lowest BCUT2D eigenvalue weighted by Crippen LogP contribution is -2.53. The van der Waals surface area contributed by atoms with Gasteiger partial charge in [-0.15, -0.1) is 46.4 Å². The Morgan fingerprint density at radius 3 is 1.40 bits per heavy atom. The van der Waals surface area contributed by atoms with Crippen LogP contribution in [-0.4, -0.2) is 33.1 Å². The van der Waals surface area contributed by atoms with E-state index >= 15 is 0 Å². The Balaban J connectivity index is 1.79. The zero-order chi connectivity index (χ0) is 26.0. The number of hydrogen-bond acceptors (Lipinski definition) is 2. The molecule has 2 fully saturated rings. The van der Waals surface area contributed by atoms with E-state index in [2.05, 4.69) is 0 Å². The lowest BCUT2D eigenvalue weighted by Gasteiger charge is -2.52. The van der Waals surface area contributed by atoms with Gasteiger partial charge in [0.05, 0.1) is 25.1 Å². The van der Waals surface area contributed by atoms with Crippen LogP contribution in [0.4, 0.5) is 5.69 Å². The number of allylic oxidation sites excluding steroid dienone is 4. The van der Waals surface area contributed by atoms with Gasteiger partial charge in [-0.1, -0.05) is 98.9 Å². The Labute approximate surface area is 258 Å². The molecule has 0 radical (unpaired) electrons. The molecule has 8 atom stereocenters. The van der Waals surface area contributed by atoms with Crippen molar-refractivity contribution in [2.75, 3.05) is 0 Å². The van der Waals surface area contributed by atoms with Crippen molar-refractivity contribution >= 4 is 145 Å².